The first-order chi connectivity index (χ1) is 9.69. The van der Waals surface area contributed by atoms with Gasteiger partial charge in [-0.25, -0.2) is 13.6 Å². The van der Waals surface area contributed by atoms with Crippen LogP contribution in [0.1, 0.15) is 39.5 Å². The molecule has 1 aliphatic heterocycles. The number of sulfonamides is 1. The van der Waals surface area contributed by atoms with E-state index < -0.39 is 10.0 Å². The number of primary sulfonamides is 1. The summed E-state index contributed by atoms with van der Waals surface area (Å²) < 4.78 is 21.6. The van der Waals surface area contributed by atoms with Gasteiger partial charge in [-0.05, 0) is 19.3 Å². The Kier molecular flexibility index (Phi) is 6.60. The predicted octanol–water partition coefficient (Wildman–Crippen LogP) is -0.182. The number of hydrogen-bond acceptors (Lipinski definition) is 4. The lowest BCUT2D eigenvalue weighted by Gasteiger charge is -2.34. The lowest BCUT2D eigenvalue weighted by Crippen LogP contribution is -2.50. The number of carbonyl (C=O) groups is 2. The van der Waals surface area contributed by atoms with E-state index in [9.17, 15) is 18.0 Å². The third kappa shape index (κ3) is 6.90. The summed E-state index contributed by atoms with van der Waals surface area (Å²) in [4.78, 5) is 25.5. The van der Waals surface area contributed by atoms with Crippen LogP contribution in [0.5, 0.6) is 0 Å². The predicted molar refractivity (Wildman–Crippen MR) is 79.8 cm³/mol. The van der Waals surface area contributed by atoms with Crippen LogP contribution in [0.3, 0.4) is 0 Å². The van der Waals surface area contributed by atoms with Crippen molar-refractivity contribution in [2.75, 3.05) is 18.8 Å². The molecule has 3 N–H and O–H groups in total. The third-order valence-electron chi connectivity index (χ3n) is 3.42. The van der Waals surface area contributed by atoms with E-state index in [-0.39, 0.29) is 42.4 Å². The van der Waals surface area contributed by atoms with Crippen LogP contribution >= 0.6 is 0 Å². The standard InChI is InChI=1S/C13H25N3O4S/c1-10(2)13(18)16-7-3-5-11(9-16)15-12(17)6-4-8-21(14,19)20/h10-11H,3-9H2,1-2H3,(H,15,17)(H2,14,19,20). The van der Waals surface area contributed by atoms with Gasteiger partial charge in [-0.3, -0.25) is 9.59 Å². The Balaban J connectivity index is 2.37. The van der Waals surface area contributed by atoms with E-state index in [0.29, 0.717) is 6.54 Å². The molecule has 1 saturated heterocycles. The largest absolute Gasteiger partial charge is 0.352 e. The molecule has 0 spiro atoms. The van der Waals surface area contributed by atoms with E-state index in [1.54, 1.807) is 4.90 Å². The molecule has 2 amide bonds. The number of amides is 2. The number of piperidine rings is 1. The average molecular weight is 319 g/mol. The number of nitrogens with two attached hydrogens (primary N) is 1. The Morgan fingerprint density at radius 1 is 1.38 bits per heavy atom. The van der Waals surface area contributed by atoms with E-state index in [1.165, 1.54) is 0 Å². The molecule has 0 aromatic rings. The molecule has 21 heavy (non-hydrogen) atoms. The summed E-state index contributed by atoms with van der Waals surface area (Å²) in [6.45, 7) is 4.97. The van der Waals surface area contributed by atoms with E-state index in [0.717, 1.165) is 19.4 Å². The first-order valence-corrected chi connectivity index (χ1v) is 8.99. The zero-order chi connectivity index (χ0) is 16.0. The van der Waals surface area contributed by atoms with Gasteiger partial charge in [-0.2, -0.15) is 0 Å². The van der Waals surface area contributed by atoms with Crippen molar-refractivity contribution in [3.8, 4) is 0 Å². The van der Waals surface area contributed by atoms with Crippen LogP contribution in [0.2, 0.25) is 0 Å². The molecule has 1 heterocycles. The fraction of sp³-hybridized carbons (Fsp3) is 0.846. The van der Waals surface area contributed by atoms with Gasteiger partial charge < -0.3 is 10.2 Å². The van der Waals surface area contributed by atoms with Crippen LogP contribution < -0.4 is 10.5 Å². The second kappa shape index (κ2) is 7.74. The first-order valence-electron chi connectivity index (χ1n) is 7.27. The summed E-state index contributed by atoms with van der Waals surface area (Å²) in [5.41, 5.74) is 0. The zero-order valence-electron chi connectivity index (χ0n) is 12.7. The molecular formula is C13H25N3O4S. The number of nitrogens with zero attached hydrogens (tertiary/aromatic N) is 1. The smallest absolute Gasteiger partial charge is 0.225 e. The molecule has 8 heteroatoms. The summed E-state index contributed by atoms with van der Waals surface area (Å²) in [5, 5.41) is 7.74. The summed E-state index contributed by atoms with van der Waals surface area (Å²) in [7, 11) is -3.52. The Labute approximate surface area is 126 Å². The van der Waals surface area contributed by atoms with Crippen molar-refractivity contribution in [1.29, 1.82) is 0 Å². The minimum Gasteiger partial charge on any atom is -0.352 e. The highest BCUT2D eigenvalue weighted by molar-refractivity contribution is 7.89. The SMILES string of the molecule is CC(C)C(=O)N1CCCC(NC(=O)CCCS(N)(=O)=O)C1. The second-order valence-electron chi connectivity index (χ2n) is 5.82. The van der Waals surface area contributed by atoms with Gasteiger partial charge in [0.15, 0.2) is 0 Å². The highest BCUT2D eigenvalue weighted by Gasteiger charge is 2.25. The minimum atomic E-state index is -3.52. The molecule has 1 unspecified atom stereocenters. The lowest BCUT2D eigenvalue weighted by atomic mass is 10.0. The Hall–Kier alpha value is -1.15. The fourth-order valence-corrected chi connectivity index (χ4v) is 2.94. The van der Waals surface area contributed by atoms with Crippen LogP contribution in [0, 0.1) is 5.92 Å². The van der Waals surface area contributed by atoms with Gasteiger partial charge in [0.1, 0.15) is 0 Å². The molecule has 1 atom stereocenters. The van der Waals surface area contributed by atoms with Crippen molar-refractivity contribution in [3.05, 3.63) is 0 Å². The van der Waals surface area contributed by atoms with Crippen LogP contribution in [0.15, 0.2) is 0 Å². The summed E-state index contributed by atoms with van der Waals surface area (Å²) >= 11 is 0. The van der Waals surface area contributed by atoms with Gasteiger partial charge in [-0.15, -0.1) is 0 Å². The van der Waals surface area contributed by atoms with Crippen LogP contribution in [0.4, 0.5) is 0 Å². The highest BCUT2D eigenvalue weighted by atomic mass is 32.2. The topological polar surface area (TPSA) is 110 Å². The second-order valence-corrected chi connectivity index (χ2v) is 7.55. The maximum atomic E-state index is 11.9. The molecule has 0 aromatic heterocycles. The first kappa shape index (κ1) is 17.9. The highest BCUT2D eigenvalue weighted by Crippen LogP contribution is 2.13. The molecule has 1 fully saturated rings. The van der Waals surface area contributed by atoms with E-state index >= 15 is 0 Å². The normalized spacial score (nSPS) is 19.6. The number of carbonyl (C=O) groups excluding carboxylic acids is 2. The van der Waals surface area contributed by atoms with Crippen molar-refractivity contribution in [2.45, 2.75) is 45.6 Å². The van der Waals surface area contributed by atoms with Gasteiger partial charge in [0, 0.05) is 31.5 Å². The molecule has 1 rings (SSSR count). The van der Waals surface area contributed by atoms with Crippen molar-refractivity contribution in [2.24, 2.45) is 11.1 Å². The number of nitrogens with one attached hydrogen (secondary N) is 1. The zero-order valence-corrected chi connectivity index (χ0v) is 13.5. The fourth-order valence-electron chi connectivity index (χ4n) is 2.39. The number of rotatable bonds is 6. The van der Waals surface area contributed by atoms with E-state index in [1.807, 2.05) is 13.8 Å². The molecule has 0 radical (unpaired) electrons. The van der Waals surface area contributed by atoms with Gasteiger partial charge in [0.2, 0.25) is 21.8 Å². The summed E-state index contributed by atoms with van der Waals surface area (Å²) in [6, 6.07) is -0.0524. The lowest BCUT2D eigenvalue weighted by molar-refractivity contribution is -0.136. The van der Waals surface area contributed by atoms with Crippen molar-refractivity contribution >= 4 is 21.8 Å². The van der Waals surface area contributed by atoms with Crippen LogP contribution in [0.25, 0.3) is 0 Å². The Bertz CT molecular complexity index is 476. The Morgan fingerprint density at radius 3 is 2.62 bits per heavy atom. The molecule has 0 aliphatic carbocycles. The molecule has 0 saturated carbocycles. The third-order valence-corrected chi connectivity index (χ3v) is 4.28. The van der Waals surface area contributed by atoms with Gasteiger partial charge in [-0.1, -0.05) is 13.8 Å². The van der Waals surface area contributed by atoms with Crippen LogP contribution in [-0.2, 0) is 19.6 Å². The molecule has 122 valence electrons. The minimum absolute atomic E-state index is 0.0470. The maximum Gasteiger partial charge on any atom is 0.225 e. The Morgan fingerprint density at radius 2 is 2.05 bits per heavy atom. The maximum absolute atomic E-state index is 11.9. The van der Waals surface area contributed by atoms with Crippen molar-refractivity contribution in [3.63, 3.8) is 0 Å². The molecule has 0 aromatic carbocycles. The number of hydrogen-bond donors (Lipinski definition) is 2. The molecular weight excluding hydrogens is 294 g/mol. The quantitative estimate of drug-likeness (QED) is 0.707. The average Bonchev–Trinajstić information content (AvgIpc) is 2.36. The van der Waals surface area contributed by atoms with Crippen molar-refractivity contribution in [1.82, 2.24) is 10.2 Å². The van der Waals surface area contributed by atoms with Crippen molar-refractivity contribution < 1.29 is 18.0 Å². The van der Waals surface area contributed by atoms with Gasteiger partial charge in [0.25, 0.3) is 0 Å². The van der Waals surface area contributed by atoms with E-state index in [4.69, 9.17) is 5.14 Å². The molecule has 1 aliphatic rings. The molecule has 0 bridgehead atoms. The monoisotopic (exact) mass is 319 g/mol. The number of likely N-dealkylation sites (tertiary alicyclic amines) is 1. The molecule has 7 nitrogen and oxygen atoms in total. The van der Waals surface area contributed by atoms with Crippen LogP contribution in [-0.4, -0.2) is 50.0 Å². The summed E-state index contributed by atoms with van der Waals surface area (Å²) in [6.07, 6.45) is 2.04. The van der Waals surface area contributed by atoms with E-state index in [2.05, 4.69) is 5.32 Å². The van der Waals surface area contributed by atoms with Gasteiger partial charge >= 0.3 is 0 Å². The van der Waals surface area contributed by atoms with Gasteiger partial charge in [0.05, 0.1) is 5.75 Å². The summed E-state index contributed by atoms with van der Waals surface area (Å²) in [5.74, 6) is -0.330.